The summed E-state index contributed by atoms with van der Waals surface area (Å²) in [6, 6.07) is 0.660. The normalized spacial score (nSPS) is 18.6. The number of aromatic amines is 1. The van der Waals surface area contributed by atoms with Crippen molar-refractivity contribution in [1.82, 2.24) is 15.3 Å². The second-order valence-corrected chi connectivity index (χ2v) is 5.82. The Balaban J connectivity index is 1.81. The van der Waals surface area contributed by atoms with Crippen LogP contribution in [0.2, 0.25) is 0 Å². The maximum Gasteiger partial charge on any atom is 0.165 e. The van der Waals surface area contributed by atoms with Crippen LogP contribution in [0, 0.1) is 5.92 Å². The Morgan fingerprint density at radius 2 is 2.35 bits per heavy atom. The molecule has 0 amide bonds. The lowest BCUT2D eigenvalue weighted by molar-refractivity contribution is 0.387. The van der Waals surface area contributed by atoms with Crippen molar-refractivity contribution < 1.29 is 0 Å². The molecule has 3 nitrogen and oxygen atoms in total. The molecule has 1 aromatic heterocycles. The molecule has 1 aromatic rings. The highest BCUT2D eigenvalue weighted by atomic mass is 32.2. The van der Waals surface area contributed by atoms with Crippen molar-refractivity contribution in [3.8, 4) is 0 Å². The molecule has 1 aliphatic rings. The minimum absolute atomic E-state index is 0.660. The maximum absolute atomic E-state index is 4.27. The van der Waals surface area contributed by atoms with Crippen molar-refractivity contribution in [1.29, 1.82) is 0 Å². The Morgan fingerprint density at radius 3 is 3.00 bits per heavy atom. The van der Waals surface area contributed by atoms with Gasteiger partial charge in [-0.1, -0.05) is 31.5 Å². The Bertz CT molecular complexity index is 294. The molecule has 2 N–H and O–H groups in total. The monoisotopic (exact) mass is 253 g/mol. The highest BCUT2D eigenvalue weighted by molar-refractivity contribution is 7.99. The van der Waals surface area contributed by atoms with Gasteiger partial charge in [0.25, 0.3) is 0 Å². The molecular weight excluding hydrogens is 230 g/mol. The van der Waals surface area contributed by atoms with E-state index in [2.05, 4.69) is 22.2 Å². The lowest BCUT2D eigenvalue weighted by atomic mass is 10.00. The highest BCUT2D eigenvalue weighted by Crippen LogP contribution is 2.30. The number of thioether (sulfide) groups is 1. The van der Waals surface area contributed by atoms with Crippen molar-refractivity contribution >= 4 is 11.8 Å². The van der Waals surface area contributed by atoms with Crippen LogP contribution in [-0.2, 0) is 0 Å². The van der Waals surface area contributed by atoms with Gasteiger partial charge in [-0.05, 0) is 31.7 Å². The smallest absolute Gasteiger partial charge is 0.165 e. The summed E-state index contributed by atoms with van der Waals surface area (Å²) < 4.78 is 0. The summed E-state index contributed by atoms with van der Waals surface area (Å²) in [5.74, 6) is 2.02. The van der Waals surface area contributed by atoms with Gasteiger partial charge >= 0.3 is 0 Å². The van der Waals surface area contributed by atoms with E-state index in [9.17, 15) is 0 Å². The lowest BCUT2D eigenvalue weighted by Gasteiger charge is -2.24. The van der Waals surface area contributed by atoms with Crippen LogP contribution >= 0.6 is 11.8 Å². The van der Waals surface area contributed by atoms with E-state index in [1.54, 1.807) is 0 Å². The summed E-state index contributed by atoms with van der Waals surface area (Å²) in [6.07, 6.45) is 10.6. The van der Waals surface area contributed by atoms with E-state index in [0.717, 1.165) is 23.4 Å². The van der Waals surface area contributed by atoms with Crippen molar-refractivity contribution in [2.75, 3.05) is 12.3 Å². The van der Waals surface area contributed by atoms with Gasteiger partial charge in [-0.25, -0.2) is 4.98 Å². The van der Waals surface area contributed by atoms with Gasteiger partial charge in [-0.3, -0.25) is 0 Å². The minimum atomic E-state index is 0.660. The Hall–Kier alpha value is -0.480. The molecule has 1 saturated carbocycles. The molecule has 1 fully saturated rings. The molecule has 1 aliphatic carbocycles. The van der Waals surface area contributed by atoms with E-state index in [1.165, 1.54) is 32.1 Å². The molecule has 0 saturated heterocycles. The number of hydrogen-bond donors (Lipinski definition) is 2. The molecule has 1 unspecified atom stereocenters. The highest BCUT2D eigenvalue weighted by Gasteiger charge is 2.24. The predicted octanol–water partition coefficient (Wildman–Crippen LogP) is 3.06. The van der Waals surface area contributed by atoms with Crippen LogP contribution in [0.15, 0.2) is 17.6 Å². The summed E-state index contributed by atoms with van der Waals surface area (Å²) in [5, 5.41) is 4.76. The topological polar surface area (TPSA) is 40.7 Å². The number of aromatic nitrogens is 2. The van der Waals surface area contributed by atoms with E-state index in [1.807, 2.05) is 24.2 Å². The summed E-state index contributed by atoms with van der Waals surface area (Å²) in [7, 11) is 0. The molecule has 4 heteroatoms. The summed E-state index contributed by atoms with van der Waals surface area (Å²) in [5.41, 5.74) is 0. The Morgan fingerprint density at radius 1 is 1.53 bits per heavy atom. The fraction of sp³-hybridized carbons (Fsp3) is 0.769. The largest absolute Gasteiger partial charge is 0.340 e. The minimum Gasteiger partial charge on any atom is -0.340 e. The average Bonchev–Trinajstić information content (AvgIpc) is 3.01. The van der Waals surface area contributed by atoms with E-state index in [0.29, 0.717) is 6.04 Å². The van der Waals surface area contributed by atoms with Gasteiger partial charge in [0.2, 0.25) is 0 Å². The van der Waals surface area contributed by atoms with Crippen LogP contribution < -0.4 is 5.32 Å². The molecule has 17 heavy (non-hydrogen) atoms. The fourth-order valence-corrected chi connectivity index (χ4v) is 3.56. The number of nitrogens with one attached hydrogen (secondary N) is 2. The zero-order valence-electron chi connectivity index (χ0n) is 10.6. The first-order valence-corrected chi connectivity index (χ1v) is 7.74. The van der Waals surface area contributed by atoms with Crippen LogP contribution in [0.5, 0.6) is 0 Å². The quantitative estimate of drug-likeness (QED) is 0.734. The number of hydrogen-bond acceptors (Lipinski definition) is 3. The van der Waals surface area contributed by atoms with E-state index < -0.39 is 0 Å². The second-order valence-electron chi connectivity index (χ2n) is 4.81. The standard InChI is InChI=1S/C13H23N3S/c1-2-7-14-12(11-5-3-4-6-11)10-17-13-15-8-9-16-13/h8-9,11-12,14H,2-7,10H2,1H3,(H,15,16). The van der Waals surface area contributed by atoms with Crippen molar-refractivity contribution in [2.45, 2.75) is 50.2 Å². The molecule has 96 valence electrons. The molecule has 2 rings (SSSR count). The number of H-pyrrole nitrogens is 1. The first-order valence-electron chi connectivity index (χ1n) is 6.75. The third kappa shape index (κ3) is 4.03. The van der Waals surface area contributed by atoms with Crippen molar-refractivity contribution in [2.24, 2.45) is 5.92 Å². The van der Waals surface area contributed by atoms with Crippen LogP contribution in [-0.4, -0.2) is 28.3 Å². The summed E-state index contributed by atoms with van der Waals surface area (Å²) in [6.45, 7) is 3.37. The van der Waals surface area contributed by atoms with Gasteiger partial charge in [0, 0.05) is 24.2 Å². The molecule has 0 spiro atoms. The number of rotatable bonds is 7. The van der Waals surface area contributed by atoms with Gasteiger partial charge in [0.05, 0.1) is 0 Å². The zero-order chi connectivity index (χ0) is 11.9. The molecule has 0 aliphatic heterocycles. The van der Waals surface area contributed by atoms with E-state index in [-0.39, 0.29) is 0 Å². The lowest BCUT2D eigenvalue weighted by Crippen LogP contribution is -2.37. The van der Waals surface area contributed by atoms with Crippen LogP contribution in [0.4, 0.5) is 0 Å². The van der Waals surface area contributed by atoms with E-state index in [4.69, 9.17) is 0 Å². The zero-order valence-corrected chi connectivity index (χ0v) is 11.4. The molecule has 0 bridgehead atoms. The van der Waals surface area contributed by atoms with Crippen molar-refractivity contribution in [3.63, 3.8) is 0 Å². The predicted molar refractivity (Wildman–Crippen MR) is 73.4 cm³/mol. The maximum atomic E-state index is 4.27. The van der Waals surface area contributed by atoms with Gasteiger partial charge in [0.15, 0.2) is 5.16 Å². The second kappa shape index (κ2) is 7.07. The third-order valence-electron chi connectivity index (χ3n) is 3.50. The molecule has 0 radical (unpaired) electrons. The fourth-order valence-electron chi connectivity index (χ4n) is 2.55. The Kier molecular flexibility index (Phi) is 5.39. The first-order chi connectivity index (χ1) is 8.40. The van der Waals surface area contributed by atoms with Crippen LogP contribution in [0.3, 0.4) is 0 Å². The first kappa shape index (κ1) is 13.0. The number of nitrogens with zero attached hydrogens (tertiary/aromatic N) is 1. The Labute approximate surface area is 108 Å². The third-order valence-corrected chi connectivity index (χ3v) is 4.52. The van der Waals surface area contributed by atoms with Gasteiger partial charge in [0.1, 0.15) is 0 Å². The molecular formula is C13H23N3S. The van der Waals surface area contributed by atoms with Crippen molar-refractivity contribution in [3.05, 3.63) is 12.4 Å². The van der Waals surface area contributed by atoms with Crippen LogP contribution in [0.1, 0.15) is 39.0 Å². The summed E-state index contributed by atoms with van der Waals surface area (Å²) in [4.78, 5) is 7.44. The van der Waals surface area contributed by atoms with Gasteiger partial charge in [-0.15, -0.1) is 0 Å². The van der Waals surface area contributed by atoms with Gasteiger partial charge in [-0.2, -0.15) is 0 Å². The van der Waals surface area contributed by atoms with Gasteiger partial charge < -0.3 is 10.3 Å². The van der Waals surface area contributed by atoms with E-state index >= 15 is 0 Å². The molecule has 0 aromatic carbocycles. The molecule has 1 heterocycles. The van der Waals surface area contributed by atoms with Crippen LogP contribution in [0.25, 0.3) is 0 Å². The summed E-state index contributed by atoms with van der Waals surface area (Å²) >= 11 is 1.84. The average molecular weight is 253 g/mol. The molecule has 1 atom stereocenters. The number of imidazole rings is 1. The SMILES string of the molecule is CCCNC(CSc1ncc[nH]1)C1CCCC1.